The molecule has 0 saturated carbocycles. The third-order valence-electron chi connectivity index (χ3n) is 5.32. The number of benzene rings is 1. The minimum atomic E-state index is -0.473. The Kier molecular flexibility index (Phi) is 6.79. The van der Waals surface area contributed by atoms with Gasteiger partial charge in [0.2, 0.25) is 0 Å². The second kappa shape index (κ2) is 9.50. The molecular formula is C24H25FN2O3. The fourth-order valence-electron chi connectivity index (χ4n) is 3.75. The summed E-state index contributed by atoms with van der Waals surface area (Å²) in [5.74, 6) is -0.0779. The molecule has 6 heteroatoms. The lowest BCUT2D eigenvalue weighted by molar-refractivity contribution is 0.0785. The Balaban J connectivity index is 1.82. The summed E-state index contributed by atoms with van der Waals surface area (Å²) in [6, 6.07) is 8.49. The first-order chi connectivity index (χ1) is 14.5. The number of nitrogens with zero attached hydrogens (tertiary/aromatic N) is 2. The van der Waals surface area contributed by atoms with Gasteiger partial charge < -0.3 is 14.7 Å². The SMILES string of the molecule is C=C/C=C(\C(=C)OC)c1ccc(C2CCN(C(=O)c3ccc(F)cn3)C2)c(CO)c1. The van der Waals surface area contributed by atoms with Crippen molar-refractivity contribution in [3.05, 3.63) is 95.8 Å². The van der Waals surface area contributed by atoms with E-state index < -0.39 is 5.82 Å². The van der Waals surface area contributed by atoms with E-state index >= 15 is 0 Å². The molecule has 1 aliphatic heterocycles. The van der Waals surface area contributed by atoms with Crippen LogP contribution in [0.4, 0.5) is 4.39 Å². The maximum atomic E-state index is 13.1. The van der Waals surface area contributed by atoms with Crippen LogP contribution in [0.25, 0.3) is 5.57 Å². The van der Waals surface area contributed by atoms with Gasteiger partial charge in [0, 0.05) is 24.6 Å². The number of hydrogen-bond acceptors (Lipinski definition) is 4. The minimum Gasteiger partial charge on any atom is -0.497 e. The second-order valence-electron chi connectivity index (χ2n) is 7.11. The van der Waals surface area contributed by atoms with Gasteiger partial charge in [-0.25, -0.2) is 9.37 Å². The van der Waals surface area contributed by atoms with Crippen molar-refractivity contribution in [2.45, 2.75) is 18.9 Å². The van der Waals surface area contributed by atoms with Crippen LogP contribution in [0.5, 0.6) is 0 Å². The van der Waals surface area contributed by atoms with Crippen LogP contribution in [-0.4, -0.2) is 41.1 Å². The zero-order valence-corrected chi connectivity index (χ0v) is 17.0. The molecule has 0 spiro atoms. The summed E-state index contributed by atoms with van der Waals surface area (Å²) in [5.41, 5.74) is 3.69. The first kappa shape index (κ1) is 21.5. The van der Waals surface area contributed by atoms with E-state index in [1.165, 1.54) is 12.1 Å². The molecule has 0 bridgehead atoms. The van der Waals surface area contributed by atoms with Gasteiger partial charge in [-0.3, -0.25) is 4.79 Å². The monoisotopic (exact) mass is 408 g/mol. The van der Waals surface area contributed by atoms with Crippen LogP contribution in [0.1, 0.15) is 39.5 Å². The number of aromatic nitrogens is 1. The highest BCUT2D eigenvalue weighted by Crippen LogP contribution is 2.33. The Morgan fingerprint density at radius 1 is 1.40 bits per heavy atom. The van der Waals surface area contributed by atoms with Gasteiger partial charge in [0.05, 0.1) is 19.9 Å². The quantitative estimate of drug-likeness (QED) is 0.554. The van der Waals surface area contributed by atoms with Crippen molar-refractivity contribution in [3.63, 3.8) is 0 Å². The number of methoxy groups -OCH3 is 1. The molecule has 30 heavy (non-hydrogen) atoms. The number of hydrogen-bond donors (Lipinski definition) is 1. The summed E-state index contributed by atoms with van der Waals surface area (Å²) in [6.07, 6.45) is 5.30. The first-order valence-corrected chi connectivity index (χ1v) is 9.69. The van der Waals surface area contributed by atoms with Gasteiger partial charge in [-0.15, -0.1) is 0 Å². The van der Waals surface area contributed by atoms with Crippen molar-refractivity contribution in [1.29, 1.82) is 0 Å². The van der Waals surface area contributed by atoms with E-state index in [-0.39, 0.29) is 24.1 Å². The molecule has 2 aromatic rings. The van der Waals surface area contributed by atoms with Crippen molar-refractivity contribution in [3.8, 4) is 0 Å². The number of carbonyl (C=O) groups excluding carboxylic acids is 1. The number of halogens is 1. The van der Waals surface area contributed by atoms with E-state index in [1.54, 1.807) is 18.1 Å². The smallest absolute Gasteiger partial charge is 0.272 e. The summed E-state index contributed by atoms with van der Waals surface area (Å²) in [6.45, 7) is 8.63. The van der Waals surface area contributed by atoms with Crippen molar-refractivity contribution in [2.24, 2.45) is 0 Å². The molecule has 1 aliphatic rings. The number of rotatable bonds is 7. The number of aliphatic hydroxyl groups is 1. The molecule has 2 heterocycles. The molecule has 1 saturated heterocycles. The van der Waals surface area contributed by atoms with Gasteiger partial charge in [0.15, 0.2) is 0 Å². The normalized spacial score (nSPS) is 16.4. The maximum absolute atomic E-state index is 13.1. The number of allylic oxidation sites excluding steroid dienone is 3. The van der Waals surface area contributed by atoms with Gasteiger partial charge in [-0.2, -0.15) is 0 Å². The second-order valence-corrected chi connectivity index (χ2v) is 7.11. The number of ether oxygens (including phenoxy) is 1. The van der Waals surface area contributed by atoms with Crippen LogP contribution >= 0.6 is 0 Å². The van der Waals surface area contributed by atoms with Gasteiger partial charge >= 0.3 is 0 Å². The predicted molar refractivity (Wildman–Crippen MR) is 114 cm³/mol. The molecule has 3 rings (SSSR count). The highest BCUT2D eigenvalue weighted by Gasteiger charge is 2.30. The average molecular weight is 408 g/mol. The molecule has 0 radical (unpaired) electrons. The fraction of sp³-hybridized carbons (Fsp3) is 0.250. The summed E-state index contributed by atoms with van der Waals surface area (Å²) in [7, 11) is 1.56. The first-order valence-electron chi connectivity index (χ1n) is 9.69. The molecule has 156 valence electrons. The van der Waals surface area contributed by atoms with E-state index in [1.807, 2.05) is 24.3 Å². The van der Waals surface area contributed by atoms with Crippen LogP contribution in [0, 0.1) is 5.82 Å². The minimum absolute atomic E-state index is 0.100. The third kappa shape index (κ3) is 4.49. The lowest BCUT2D eigenvalue weighted by Gasteiger charge is -2.19. The van der Waals surface area contributed by atoms with E-state index in [0.717, 1.165) is 34.9 Å². The van der Waals surface area contributed by atoms with Crippen LogP contribution in [0.15, 0.2) is 67.6 Å². The molecule has 0 aliphatic carbocycles. The molecule has 1 atom stereocenters. The number of aliphatic hydroxyl groups excluding tert-OH is 1. The van der Waals surface area contributed by atoms with E-state index in [2.05, 4.69) is 18.1 Å². The number of amides is 1. The van der Waals surface area contributed by atoms with Crippen molar-refractivity contribution in [2.75, 3.05) is 20.2 Å². The zero-order chi connectivity index (χ0) is 21.7. The Morgan fingerprint density at radius 2 is 2.20 bits per heavy atom. The van der Waals surface area contributed by atoms with Crippen molar-refractivity contribution >= 4 is 11.5 Å². The molecule has 1 amide bonds. The number of pyridine rings is 1. The summed E-state index contributed by atoms with van der Waals surface area (Å²) in [5, 5.41) is 9.97. The van der Waals surface area contributed by atoms with Crippen molar-refractivity contribution in [1.82, 2.24) is 9.88 Å². The van der Waals surface area contributed by atoms with E-state index in [9.17, 15) is 14.3 Å². The Morgan fingerprint density at radius 3 is 2.83 bits per heavy atom. The number of carbonyl (C=O) groups is 1. The zero-order valence-electron chi connectivity index (χ0n) is 17.0. The third-order valence-corrected chi connectivity index (χ3v) is 5.32. The molecule has 5 nitrogen and oxygen atoms in total. The van der Waals surface area contributed by atoms with E-state index in [0.29, 0.717) is 18.8 Å². The maximum Gasteiger partial charge on any atom is 0.272 e. The molecule has 1 unspecified atom stereocenters. The van der Waals surface area contributed by atoms with Crippen LogP contribution in [-0.2, 0) is 11.3 Å². The molecule has 1 fully saturated rings. The van der Waals surface area contributed by atoms with E-state index in [4.69, 9.17) is 4.74 Å². The topological polar surface area (TPSA) is 62.7 Å². The summed E-state index contributed by atoms with van der Waals surface area (Å²) < 4.78 is 18.3. The lowest BCUT2D eigenvalue weighted by Crippen LogP contribution is -2.29. The molecule has 1 N–H and O–H groups in total. The lowest BCUT2D eigenvalue weighted by atomic mass is 9.90. The average Bonchev–Trinajstić information content (AvgIpc) is 3.26. The van der Waals surface area contributed by atoms with Gasteiger partial charge in [0.1, 0.15) is 17.3 Å². The van der Waals surface area contributed by atoms with Crippen molar-refractivity contribution < 1.29 is 19.0 Å². The van der Waals surface area contributed by atoms with Gasteiger partial charge in [-0.1, -0.05) is 37.4 Å². The Labute approximate surface area is 175 Å². The molecular weight excluding hydrogens is 383 g/mol. The van der Waals surface area contributed by atoms with Crippen LogP contribution < -0.4 is 0 Å². The van der Waals surface area contributed by atoms with Crippen LogP contribution in [0.2, 0.25) is 0 Å². The number of likely N-dealkylation sites (tertiary alicyclic amines) is 1. The largest absolute Gasteiger partial charge is 0.497 e. The fourth-order valence-corrected chi connectivity index (χ4v) is 3.75. The summed E-state index contributed by atoms with van der Waals surface area (Å²) >= 11 is 0. The molecule has 1 aromatic carbocycles. The standard InChI is InChI=1S/C24H25FN2O3/c1-4-5-21(16(2)30-3)17-6-8-22(19(12-17)15-28)18-10-11-27(14-18)24(29)23-9-7-20(25)13-26-23/h4-9,12-13,18,28H,1-2,10-11,14-15H2,3H3/b21-5+. The highest BCUT2D eigenvalue weighted by atomic mass is 19.1. The van der Waals surface area contributed by atoms with Gasteiger partial charge in [-0.05, 0) is 41.3 Å². The molecule has 1 aromatic heterocycles. The van der Waals surface area contributed by atoms with Crippen LogP contribution in [0.3, 0.4) is 0 Å². The predicted octanol–water partition coefficient (Wildman–Crippen LogP) is 4.07. The Hall–Kier alpha value is -3.25. The summed E-state index contributed by atoms with van der Waals surface area (Å²) in [4.78, 5) is 18.3. The highest BCUT2D eigenvalue weighted by molar-refractivity contribution is 5.92. The Bertz CT molecular complexity index is 982. The van der Waals surface area contributed by atoms with Gasteiger partial charge in [0.25, 0.3) is 5.91 Å².